The predicted molar refractivity (Wildman–Crippen MR) is 36.3 cm³/mol. The number of rotatable bonds is 1. The molecule has 0 aliphatic carbocycles. The van der Waals surface area contributed by atoms with Crippen molar-refractivity contribution in [1.82, 2.24) is 0 Å². The molecule has 0 aromatic heterocycles. The fourth-order valence-electron chi connectivity index (χ4n) is 0. The lowest BCUT2D eigenvalue weighted by Gasteiger charge is -2.03. The molecule has 0 bridgehead atoms. The van der Waals surface area contributed by atoms with Crippen molar-refractivity contribution in [3.05, 3.63) is 0 Å². The van der Waals surface area contributed by atoms with Gasteiger partial charge in [-0.3, -0.25) is 0 Å². The average molecular weight is 102 g/mol. The molecule has 0 amide bonds. The predicted octanol–water partition coefficient (Wildman–Crippen LogP) is 1.56. The summed E-state index contributed by atoms with van der Waals surface area (Å²) in [7, 11) is -0.522. The fraction of sp³-hybridized carbons (Fsp3) is 1.00. The first-order chi connectivity index (χ1) is 2.56. The van der Waals surface area contributed by atoms with E-state index in [0.717, 1.165) is 0 Å². The molecule has 6 heavy (non-hydrogen) atoms. The molecule has 0 atom stereocenters. The number of hydrogen-bond acceptors (Lipinski definition) is 0. The largest absolute Gasteiger partial charge is 0.352 e. The van der Waals surface area contributed by atoms with Gasteiger partial charge >= 0.3 is 7.00 Å². The zero-order valence-electron chi connectivity index (χ0n) is 5.02. The Labute approximate surface area is 41.9 Å². The quantitative estimate of drug-likeness (QED) is 0.348. The van der Waals surface area contributed by atoms with Crippen molar-refractivity contribution < 1.29 is 0 Å². The smallest absolute Gasteiger partial charge is 0.0484 e. The third kappa shape index (κ3) is 4.49. The van der Waals surface area contributed by atoms with Gasteiger partial charge in [0.15, 0.2) is 0 Å². The molecule has 0 unspecified atom stereocenters. The molecule has 0 N–H and O–H groups in total. The van der Waals surface area contributed by atoms with Crippen molar-refractivity contribution in [3.63, 3.8) is 0 Å². The summed E-state index contributed by atoms with van der Waals surface area (Å²) < 4.78 is 0. The second-order valence-corrected chi connectivity index (χ2v) is 7.12. The minimum absolute atomic E-state index is 0.522. The summed E-state index contributed by atoms with van der Waals surface area (Å²) in [5, 5.41) is 0. The van der Waals surface area contributed by atoms with Gasteiger partial charge in [-0.1, -0.05) is 0 Å². The summed E-state index contributed by atoms with van der Waals surface area (Å²) in [5.74, 6) is 0. The van der Waals surface area contributed by atoms with Crippen LogP contribution in [0.3, 0.4) is 0 Å². The van der Waals surface area contributed by atoms with E-state index in [2.05, 4.69) is 33.8 Å². The molecule has 2 heteroatoms. The van der Waals surface area contributed by atoms with E-state index in [4.69, 9.17) is 0 Å². The highest BCUT2D eigenvalue weighted by Crippen LogP contribution is 2.43. The Morgan fingerprint density at radius 2 is 1.33 bits per heavy atom. The normalized spacial score (nSPS) is 11.3. The molecule has 0 rings (SSSR count). The van der Waals surface area contributed by atoms with Crippen LogP contribution in [-0.4, -0.2) is 27.0 Å². The van der Waals surface area contributed by atoms with E-state index in [9.17, 15) is 0 Å². The Bertz CT molecular complexity index is 37.3. The summed E-state index contributed by atoms with van der Waals surface area (Å²) in [6, 6.07) is 0. The molecule has 0 aromatic carbocycles. The third-order valence-corrected chi connectivity index (χ3v) is 2.32. The second-order valence-electron chi connectivity index (χ2n) is 2.37. The fourth-order valence-corrected chi connectivity index (χ4v) is 0. The third-order valence-electron chi connectivity index (χ3n) is 0.775. The Kier molecular flexibility index (Phi) is 2.14. The highest BCUT2D eigenvalue weighted by Gasteiger charge is 2.14. The summed E-state index contributed by atoms with van der Waals surface area (Å²) >= 11 is 0. The van der Waals surface area contributed by atoms with Crippen LogP contribution in [0.5, 0.6) is 0 Å². The van der Waals surface area contributed by atoms with Crippen LogP contribution in [0.2, 0.25) is 6.82 Å². The van der Waals surface area contributed by atoms with Crippen LogP contribution < -0.4 is 0 Å². The van der Waals surface area contributed by atoms with Gasteiger partial charge in [-0.05, 0) is 14.0 Å². The minimum atomic E-state index is -0.522. The molecule has 0 fully saturated rings. The van der Waals surface area contributed by atoms with Crippen molar-refractivity contribution in [3.8, 4) is 0 Å². The molecule has 0 aromatic rings. The molecule has 0 nitrogen and oxygen atoms in total. The molecule has 0 heterocycles. The Hall–Kier alpha value is 0.495. The molecule has 0 spiro atoms. The van der Waals surface area contributed by atoms with Crippen molar-refractivity contribution in [2.24, 2.45) is 0 Å². The Balaban J connectivity index is 3.17. The summed E-state index contributed by atoms with van der Waals surface area (Å²) in [6.45, 7) is 11.3. The zero-order chi connectivity index (χ0) is 5.21. The maximum Gasteiger partial charge on any atom is 0.352 e. The van der Waals surface area contributed by atoms with Crippen molar-refractivity contribution in [2.45, 2.75) is 6.82 Å². The molecular formula is C4H12BP+. The highest BCUT2D eigenvalue weighted by atomic mass is 31.2. The van der Waals surface area contributed by atoms with Crippen molar-refractivity contribution in [1.29, 1.82) is 0 Å². The van der Waals surface area contributed by atoms with Crippen LogP contribution in [0.4, 0.5) is 0 Å². The first kappa shape index (κ1) is 6.49. The first-order valence-electron chi connectivity index (χ1n) is 2.18. The first-order valence-corrected chi connectivity index (χ1v) is 5.38. The summed E-state index contributed by atoms with van der Waals surface area (Å²) in [6.07, 6.45) is 0. The average Bonchev–Trinajstić information content (AvgIpc) is 1.35. The minimum Gasteiger partial charge on any atom is -0.0484 e. The van der Waals surface area contributed by atoms with Crippen molar-refractivity contribution >= 4 is 14.1 Å². The van der Waals surface area contributed by atoms with Gasteiger partial charge in [-0.2, -0.15) is 0 Å². The highest BCUT2D eigenvalue weighted by molar-refractivity contribution is 7.98. The van der Waals surface area contributed by atoms with E-state index < -0.39 is 7.14 Å². The van der Waals surface area contributed by atoms with Crippen LogP contribution in [-0.2, 0) is 0 Å². The van der Waals surface area contributed by atoms with Crippen LogP contribution >= 0.6 is 7.14 Å². The maximum atomic E-state index is 2.30. The monoisotopic (exact) mass is 102 g/mol. The van der Waals surface area contributed by atoms with Crippen LogP contribution in [0.1, 0.15) is 0 Å². The van der Waals surface area contributed by atoms with Gasteiger partial charge in [0, 0.05) is 20.0 Å². The van der Waals surface area contributed by atoms with Gasteiger partial charge < -0.3 is 0 Å². The van der Waals surface area contributed by atoms with E-state index in [1.165, 1.54) is 0 Å². The van der Waals surface area contributed by atoms with Crippen LogP contribution in [0.25, 0.3) is 0 Å². The van der Waals surface area contributed by atoms with Gasteiger partial charge in [-0.15, -0.1) is 0 Å². The van der Waals surface area contributed by atoms with Gasteiger partial charge in [-0.25, -0.2) is 0 Å². The SMILES string of the molecule is C[B][P+](C)(C)C. The molecule has 0 saturated heterocycles. The Morgan fingerprint density at radius 3 is 1.33 bits per heavy atom. The maximum absolute atomic E-state index is 2.30. The topological polar surface area (TPSA) is 0 Å². The van der Waals surface area contributed by atoms with E-state index >= 15 is 0 Å². The van der Waals surface area contributed by atoms with Gasteiger partial charge in [0.25, 0.3) is 0 Å². The van der Waals surface area contributed by atoms with Crippen LogP contribution in [0.15, 0.2) is 0 Å². The lowest BCUT2D eigenvalue weighted by Crippen LogP contribution is -1.89. The van der Waals surface area contributed by atoms with Crippen LogP contribution in [0, 0.1) is 0 Å². The van der Waals surface area contributed by atoms with Gasteiger partial charge in [0.05, 0.1) is 0 Å². The zero-order valence-corrected chi connectivity index (χ0v) is 5.92. The van der Waals surface area contributed by atoms with E-state index in [1.807, 2.05) is 0 Å². The van der Waals surface area contributed by atoms with E-state index in [0.29, 0.717) is 0 Å². The lowest BCUT2D eigenvalue weighted by molar-refractivity contribution is 2.07. The molecule has 1 radical (unpaired) electrons. The lowest BCUT2D eigenvalue weighted by atomic mass is 10.2. The summed E-state index contributed by atoms with van der Waals surface area (Å²) in [5.41, 5.74) is 0. The summed E-state index contributed by atoms with van der Waals surface area (Å²) in [4.78, 5) is 0. The van der Waals surface area contributed by atoms with Crippen molar-refractivity contribution in [2.75, 3.05) is 20.0 Å². The van der Waals surface area contributed by atoms with E-state index in [1.54, 1.807) is 0 Å². The standard InChI is InChI=1S/C4H12BP/c1-5-6(2,3)4/h1-4H3/q+1. The molecule has 35 valence electrons. The molecule has 0 aliphatic rings. The van der Waals surface area contributed by atoms with E-state index in [-0.39, 0.29) is 0 Å². The second kappa shape index (κ2) is 1.98. The number of hydrogen-bond donors (Lipinski definition) is 0. The van der Waals surface area contributed by atoms with Gasteiger partial charge in [0.2, 0.25) is 0 Å². The Morgan fingerprint density at radius 1 is 1.17 bits per heavy atom. The van der Waals surface area contributed by atoms with Gasteiger partial charge in [0.1, 0.15) is 0 Å². The molecular weight excluding hydrogens is 89.8 g/mol. The molecule has 0 aliphatic heterocycles. The molecule has 0 saturated carbocycles.